The first-order valence-corrected chi connectivity index (χ1v) is 6.09. The molecule has 0 aliphatic heterocycles. The van der Waals surface area contributed by atoms with Crippen molar-refractivity contribution in [3.05, 3.63) is 40.2 Å². The predicted molar refractivity (Wildman–Crippen MR) is 67.5 cm³/mol. The van der Waals surface area contributed by atoms with E-state index in [9.17, 15) is 4.79 Å². The third-order valence-corrected chi connectivity index (χ3v) is 3.11. The molecule has 0 radical (unpaired) electrons. The van der Waals surface area contributed by atoms with E-state index < -0.39 is 0 Å². The number of nitrogens with zero attached hydrogens (tertiary/aromatic N) is 2. The maximum Gasteiger partial charge on any atom is 0.252 e. The second-order valence-electron chi connectivity index (χ2n) is 4.69. The van der Waals surface area contributed by atoms with Gasteiger partial charge in [0.1, 0.15) is 11.6 Å². The second kappa shape index (κ2) is 4.29. The first kappa shape index (κ1) is 11.0. The fourth-order valence-corrected chi connectivity index (χ4v) is 1.90. The molecule has 94 valence electrons. The topological polar surface area (TPSA) is 86.5 Å². The maximum absolute atomic E-state index is 11.6. The van der Waals surface area contributed by atoms with Gasteiger partial charge in [0.15, 0.2) is 0 Å². The zero-order valence-electron chi connectivity index (χ0n) is 10.1. The van der Waals surface area contributed by atoms with E-state index in [4.69, 9.17) is 0 Å². The Bertz CT molecular complexity index is 585. The summed E-state index contributed by atoms with van der Waals surface area (Å²) in [5, 5.41) is 9.89. The molecule has 0 aromatic carbocycles. The Labute approximate surface area is 104 Å². The van der Waals surface area contributed by atoms with E-state index in [-0.39, 0.29) is 11.6 Å². The third-order valence-electron chi connectivity index (χ3n) is 3.11. The molecule has 1 saturated carbocycles. The Morgan fingerprint density at radius 1 is 1.50 bits per heavy atom. The number of nitrogens with one attached hydrogen (secondary N) is 3. The van der Waals surface area contributed by atoms with Crippen LogP contribution in [0.25, 0.3) is 0 Å². The summed E-state index contributed by atoms with van der Waals surface area (Å²) in [4.78, 5) is 18.8. The fourth-order valence-electron chi connectivity index (χ4n) is 1.90. The largest absolute Gasteiger partial charge is 0.363 e. The van der Waals surface area contributed by atoms with Gasteiger partial charge in [0, 0.05) is 23.7 Å². The smallest absolute Gasteiger partial charge is 0.252 e. The molecule has 1 aliphatic carbocycles. The van der Waals surface area contributed by atoms with Gasteiger partial charge in [-0.1, -0.05) is 0 Å². The van der Waals surface area contributed by atoms with Crippen molar-refractivity contribution in [1.29, 1.82) is 0 Å². The average Bonchev–Trinajstić information content (AvgIpc) is 3.03. The van der Waals surface area contributed by atoms with Crippen LogP contribution in [0.15, 0.2) is 23.3 Å². The molecule has 1 aliphatic rings. The highest BCUT2D eigenvalue weighted by atomic mass is 16.1. The molecule has 2 heterocycles. The quantitative estimate of drug-likeness (QED) is 0.762. The van der Waals surface area contributed by atoms with Gasteiger partial charge >= 0.3 is 0 Å². The summed E-state index contributed by atoms with van der Waals surface area (Å²) < 4.78 is 0. The van der Waals surface area contributed by atoms with Crippen LogP contribution in [-0.4, -0.2) is 20.2 Å². The minimum atomic E-state index is -0.103. The van der Waals surface area contributed by atoms with Crippen molar-refractivity contribution in [3.63, 3.8) is 0 Å². The Kier molecular flexibility index (Phi) is 2.62. The van der Waals surface area contributed by atoms with Gasteiger partial charge in [-0.05, 0) is 19.8 Å². The van der Waals surface area contributed by atoms with Crippen molar-refractivity contribution >= 4 is 5.82 Å². The van der Waals surface area contributed by atoms with Crippen LogP contribution >= 0.6 is 0 Å². The lowest BCUT2D eigenvalue weighted by molar-refractivity contribution is 0.849. The Morgan fingerprint density at radius 2 is 2.33 bits per heavy atom. The second-order valence-corrected chi connectivity index (χ2v) is 4.69. The molecule has 1 atom stereocenters. The SMILES string of the molecule is CC(Nc1cc(=O)[nH]c(C2CC2)n1)c1cn[nH]c1. The molecule has 2 aromatic heterocycles. The summed E-state index contributed by atoms with van der Waals surface area (Å²) in [5.41, 5.74) is 0.929. The van der Waals surface area contributed by atoms with Gasteiger partial charge in [0.05, 0.1) is 12.2 Å². The molecule has 3 N–H and O–H groups in total. The minimum Gasteiger partial charge on any atom is -0.363 e. The van der Waals surface area contributed by atoms with Gasteiger partial charge < -0.3 is 10.3 Å². The first-order chi connectivity index (χ1) is 8.72. The van der Waals surface area contributed by atoms with E-state index in [0.29, 0.717) is 11.7 Å². The highest BCUT2D eigenvalue weighted by Gasteiger charge is 2.26. The van der Waals surface area contributed by atoms with Crippen molar-refractivity contribution in [2.45, 2.75) is 31.7 Å². The molecule has 18 heavy (non-hydrogen) atoms. The van der Waals surface area contributed by atoms with Crippen molar-refractivity contribution in [1.82, 2.24) is 20.2 Å². The molecule has 3 rings (SSSR count). The molecule has 1 unspecified atom stereocenters. The van der Waals surface area contributed by atoms with Crippen LogP contribution in [0.2, 0.25) is 0 Å². The predicted octanol–water partition coefficient (Wildman–Crippen LogP) is 1.54. The van der Waals surface area contributed by atoms with Gasteiger partial charge in [-0.25, -0.2) is 4.98 Å². The van der Waals surface area contributed by atoms with Crippen molar-refractivity contribution < 1.29 is 0 Å². The zero-order valence-corrected chi connectivity index (χ0v) is 10.1. The van der Waals surface area contributed by atoms with E-state index in [2.05, 4.69) is 25.5 Å². The minimum absolute atomic E-state index is 0.0603. The average molecular weight is 245 g/mol. The number of anilines is 1. The zero-order chi connectivity index (χ0) is 12.5. The van der Waals surface area contributed by atoms with Crippen LogP contribution in [0.1, 0.15) is 43.1 Å². The highest BCUT2D eigenvalue weighted by Crippen LogP contribution is 2.37. The summed E-state index contributed by atoms with van der Waals surface area (Å²) in [6, 6.07) is 1.55. The number of aromatic amines is 2. The third kappa shape index (κ3) is 2.27. The fraction of sp³-hybridized carbons (Fsp3) is 0.417. The normalized spacial score (nSPS) is 16.5. The molecule has 1 fully saturated rings. The van der Waals surface area contributed by atoms with Gasteiger partial charge in [-0.15, -0.1) is 0 Å². The summed E-state index contributed by atoms with van der Waals surface area (Å²) >= 11 is 0. The van der Waals surface area contributed by atoms with Crippen LogP contribution in [-0.2, 0) is 0 Å². The monoisotopic (exact) mass is 245 g/mol. The van der Waals surface area contributed by atoms with E-state index in [0.717, 1.165) is 24.2 Å². The molecule has 6 heteroatoms. The van der Waals surface area contributed by atoms with Crippen molar-refractivity contribution in [2.75, 3.05) is 5.32 Å². The van der Waals surface area contributed by atoms with E-state index in [1.54, 1.807) is 6.20 Å². The molecule has 2 aromatic rings. The molecular formula is C12H15N5O. The molecule has 0 bridgehead atoms. The van der Waals surface area contributed by atoms with Crippen LogP contribution in [0.5, 0.6) is 0 Å². The molecule has 0 saturated heterocycles. The maximum atomic E-state index is 11.6. The summed E-state index contributed by atoms with van der Waals surface area (Å²) in [7, 11) is 0. The van der Waals surface area contributed by atoms with Crippen LogP contribution < -0.4 is 10.9 Å². The molecular weight excluding hydrogens is 230 g/mol. The molecule has 6 nitrogen and oxygen atoms in total. The van der Waals surface area contributed by atoms with E-state index >= 15 is 0 Å². The first-order valence-electron chi connectivity index (χ1n) is 6.09. The van der Waals surface area contributed by atoms with Gasteiger partial charge in [-0.3, -0.25) is 9.89 Å². The Hall–Kier alpha value is -2.11. The van der Waals surface area contributed by atoms with Crippen molar-refractivity contribution in [3.8, 4) is 0 Å². The van der Waals surface area contributed by atoms with Crippen molar-refractivity contribution in [2.24, 2.45) is 0 Å². The number of hydrogen-bond acceptors (Lipinski definition) is 4. The number of aromatic nitrogens is 4. The highest BCUT2D eigenvalue weighted by molar-refractivity contribution is 5.37. The summed E-state index contributed by atoms with van der Waals surface area (Å²) in [6.07, 6.45) is 5.81. The Balaban J connectivity index is 1.81. The molecule has 0 amide bonds. The Morgan fingerprint density at radius 3 is 3.00 bits per heavy atom. The lowest BCUT2D eigenvalue weighted by atomic mass is 10.2. The van der Waals surface area contributed by atoms with Gasteiger partial charge in [0.2, 0.25) is 0 Å². The summed E-state index contributed by atoms with van der Waals surface area (Å²) in [6.45, 7) is 2.00. The lowest BCUT2D eigenvalue weighted by Crippen LogP contribution is -2.15. The number of hydrogen-bond donors (Lipinski definition) is 3. The lowest BCUT2D eigenvalue weighted by Gasteiger charge is -2.13. The number of rotatable bonds is 4. The summed E-state index contributed by atoms with van der Waals surface area (Å²) in [5.74, 6) is 1.85. The van der Waals surface area contributed by atoms with E-state index in [1.165, 1.54) is 6.07 Å². The van der Waals surface area contributed by atoms with Gasteiger partial charge in [0.25, 0.3) is 5.56 Å². The standard InChI is InChI=1S/C12H15N5O/c1-7(9-5-13-14-6-9)15-10-4-11(18)17-12(16-10)8-2-3-8/h4-8H,2-3H2,1H3,(H,13,14)(H2,15,16,17,18). The van der Waals surface area contributed by atoms with Crippen LogP contribution in [0.4, 0.5) is 5.82 Å². The van der Waals surface area contributed by atoms with E-state index in [1.807, 2.05) is 13.1 Å². The van der Waals surface area contributed by atoms with Gasteiger partial charge in [-0.2, -0.15) is 5.10 Å². The number of H-pyrrole nitrogens is 2. The van der Waals surface area contributed by atoms with Crippen LogP contribution in [0.3, 0.4) is 0 Å². The molecule has 0 spiro atoms. The van der Waals surface area contributed by atoms with Crippen LogP contribution in [0, 0.1) is 0 Å².